The molecule has 0 bridgehead atoms. The van der Waals surface area contributed by atoms with E-state index in [1.54, 1.807) is 24.1 Å². The van der Waals surface area contributed by atoms with Crippen LogP contribution in [0.25, 0.3) is 0 Å². The van der Waals surface area contributed by atoms with E-state index in [-0.39, 0.29) is 18.4 Å². The lowest BCUT2D eigenvalue weighted by Crippen LogP contribution is -2.38. The van der Waals surface area contributed by atoms with Crippen LogP contribution in [0.5, 0.6) is 0 Å². The van der Waals surface area contributed by atoms with Crippen LogP contribution in [0.2, 0.25) is 0 Å². The van der Waals surface area contributed by atoms with Crippen molar-refractivity contribution < 1.29 is 9.59 Å². The van der Waals surface area contributed by atoms with Crippen molar-refractivity contribution in [3.05, 3.63) is 23.5 Å². The summed E-state index contributed by atoms with van der Waals surface area (Å²) in [5, 5.41) is 0. The van der Waals surface area contributed by atoms with Crippen LogP contribution < -0.4 is 11.5 Å². The quantitative estimate of drug-likeness (QED) is 0.788. The van der Waals surface area contributed by atoms with Crippen molar-refractivity contribution in [3.63, 3.8) is 0 Å². The summed E-state index contributed by atoms with van der Waals surface area (Å²) in [6.07, 6.45) is 2.36. The van der Waals surface area contributed by atoms with Gasteiger partial charge in [-0.05, 0) is 19.4 Å². The Morgan fingerprint density at radius 3 is 2.76 bits per heavy atom. The van der Waals surface area contributed by atoms with E-state index in [4.69, 9.17) is 11.5 Å². The van der Waals surface area contributed by atoms with E-state index in [0.717, 1.165) is 13.0 Å². The molecular formula is C14H21N5O2. The number of carbonyl (C=O) groups is 2. The Labute approximate surface area is 123 Å². The van der Waals surface area contributed by atoms with E-state index in [2.05, 4.69) is 4.98 Å². The van der Waals surface area contributed by atoms with E-state index in [9.17, 15) is 9.59 Å². The number of primary amides is 1. The number of nitrogens with two attached hydrogens (primary N) is 2. The number of carbonyl (C=O) groups excluding carboxylic acids is 2. The highest BCUT2D eigenvalue weighted by Gasteiger charge is 2.22. The van der Waals surface area contributed by atoms with Gasteiger partial charge in [-0.1, -0.05) is 0 Å². The van der Waals surface area contributed by atoms with Crippen LogP contribution in [-0.4, -0.2) is 59.3 Å². The standard InChI is InChI=1S/C14H21N5O2/c1-10-12(7-11(15)8-17-10)14(21)19-4-2-3-18(5-6-19)9-13(16)20/h7-8H,2-6,9,15H2,1H3,(H2,16,20). The fourth-order valence-electron chi connectivity index (χ4n) is 2.49. The molecule has 2 heterocycles. The SMILES string of the molecule is Cc1ncc(N)cc1C(=O)N1CCCN(CC(N)=O)CC1. The minimum Gasteiger partial charge on any atom is -0.397 e. The van der Waals surface area contributed by atoms with Crippen LogP contribution in [-0.2, 0) is 4.79 Å². The Kier molecular flexibility index (Phi) is 4.74. The first kappa shape index (κ1) is 15.2. The Hall–Kier alpha value is -2.15. The van der Waals surface area contributed by atoms with Gasteiger partial charge in [0, 0.05) is 26.2 Å². The topological polar surface area (TPSA) is 106 Å². The highest BCUT2D eigenvalue weighted by Crippen LogP contribution is 2.14. The number of nitrogens with zero attached hydrogens (tertiary/aromatic N) is 3. The third-order valence-electron chi connectivity index (χ3n) is 3.59. The monoisotopic (exact) mass is 291 g/mol. The smallest absolute Gasteiger partial charge is 0.255 e. The molecule has 0 spiro atoms. The summed E-state index contributed by atoms with van der Waals surface area (Å²) in [5.41, 5.74) is 12.6. The van der Waals surface area contributed by atoms with E-state index >= 15 is 0 Å². The normalized spacial score (nSPS) is 16.5. The van der Waals surface area contributed by atoms with Gasteiger partial charge in [0.05, 0.1) is 29.7 Å². The summed E-state index contributed by atoms with van der Waals surface area (Å²) >= 11 is 0. The minimum absolute atomic E-state index is 0.0618. The zero-order valence-electron chi connectivity index (χ0n) is 12.2. The van der Waals surface area contributed by atoms with Crippen LogP contribution in [0, 0.1) is 6.92 Å². The summed E-state index contributed by atoms with van der Waals surface area (Å²) in [4.78, 5) is 31.4. The van der Waals surface area contributed by atoms with Gasteiger partial charge in [0.2, 0.25) is 5.91 Å². The van der Waals surface area contributed by atoms with Crippen LogP contribution >= 0.6 is 0 Å². The Morgan fingerprint density at radius 2 is 2.05 bits per heavy atom. The molecule has 114 valence electrons. The predicted molar refractivity (Wildman–Crippen MR) is 79.5 cm³/mol. The van der Waals surface area contributed by atoms with Crippen LogP contribution in [0.1, 0.15) is 22.5 Å². The summed E-state index contributed by atoms with van der Waals surface area (Å²) < 4.78 is 0. The molecule has 7 heteroatoms. The molecule has 0 atom stereocenters. The first-order chi connectivity index (χ1) is 9.97. The molecule has 0 aromatic carbocycles. The number of aryl methyl sites for hydroxylation is 1. The molecule has 1 saturated heterocycles. The number of nitrogen functional groups attached to an aromatic ring is 1. The van der Waals surface area contributed by atoms with Gasteiger partial charge in [0.1, 0.15) is 0 Å². The lowest BCUT2D eigenvalue weighted by atomic mass is 10.1. The summed E-state index contributed by atoms with van der Waals surface area (Å²) in [6, 6.07) is 1.66. The molecule has 0 saturated carbocycles. The molecule has 21 heavy (non-hydrogen) atoms. The van der Waals surface area contributed by atoms with E-state index in [0.29, 0.717) is 36.6 Å². The van der Waals surface area contributed by atoms with Gasteiger partial charge in [-0.15, -0.1) is 0 Å². The van der Waals surface area contributed by atoms with Crippen molar-refractivity contribution in [2.24, 2.45) is 5.73 Å². The van der Waals surface area contributed by atoms with Crippen LogP contribution in [0.3, 0.4) is 0 Å². The van der Waals surface area contributed by atoms with Crippen LogP contribution in [0.4, 0.5) is 5.69 Å². The predicted octanol–water partition coefficient (Wildman–Crippen LogP) is -0.395. The van der Waals surface area contributed by atoms with Gasteiger partial charge in [-0.25, -0.2) is 0 Å². The van der Waals surface area contributed by atoms with Crippen molar-refractivity contribution >= 4 is 17.5 Å². The van der Waals surface area contributed by atoms with E-state index in [1.165, 1.54) is 0 Å². The highest BCUT2D eigenvalue weighted by molar-refractivity contribution is 5.96. The Morgan fingerprint density at radius 1 is 1.29 bits per heavy atom. The lowest BCUT2D eigenvalue weighted by Gasteiger charge is -2.22. The molecule has 1 aromatic rings. The van der Waals surface area contributed by atoms with Crippen molar-refractivity contribution in [3.8, 4) is 0 Å². The van der Waals surface area contributed by atoms with Gasteiger partial charge >= 0.3 is 0 Å². The summed E-state index contributed by atoms with van der Waals surface area (Å²) in [6.45, 7) is 4.66. The number of pyridine rings is 1. The van der Waals surface area contributed by atoms with Gasteiger partial charge in [0.15, 0.2) is 0 Å². The second-order valence-corrected chi connectivity index (χ2v) is 5.29. The molecule has 0 aliphatic carbocycles. The molecule has 1 aliphatic heterocycles. The second-order valence-electron chi connectivity index (χ2n) is 5.29. The van der Waals surface area contributed by atoms with Gasteiger partial charge < -0.3 is 16.4 Å². The molecule has 0 unspecified atom stereocenters. The fourth-order valence-corrected chi connectivity index (χ4v) is 2.49. The summed E-state index contributed by atoms with van der Waals surface area (Å²) in [5.74, 6) is -0.404. The average molecular weight is 291 g/mol. The second kappa shape index (κ2) is 6.53. The van der Waals surface area contributed by atoms with Gasteiger partial charge in [0.25, 0.3) is 5.91 Å². The maximum atomic E-state index is 12.6. The number of rotatable bonds is 3. The van der Waals surface area contributed by atoms with Gasteiger partial charge in [-0.3, -0.25) is 19.5 Å². The molecule has 4 N–H and O–H groups in total. The van der Waals surface area contributed by atoms with Crippen molar-refractivity contribution in [1.29, 1.82) is 0 Å². The van der Waals surface area contributed by atoms with E-state index in [1.807, 2.05) is 4.90 Å². The number of anilines is 1. The first-order valence-corrected chi connectivity index (χ1v) is 6.99. The molecule has 2 rings (SSSR count). The Bertz CT molecular complexity index is 546. The fraction of sp³-hybridized carbons (Fsp3) is 0.500. The third kappa shape index (κ3) is 3.91. The number of amides is 2. The Balaban J connectivity index is 2.06. The number of aromatic nitrogens is 1. The lowest BCUT2D eigenvalue weighted by molar-refractivity contribution is -0.119. The molecular weight excluding hydrogens is 270 g/mol. The van der Waals surface area contributed by atoms with Crippen LogP contribution in [0.15, 0.2) is 12.3 Å². The van der Waals surface area contributed by atoms with Crippen molar-refractivity contribution in [1.82, 2.24) is 14.8 Å². The zero-order valence-corrected chi connectivity index (χ0v) is 12.2. The number of hydrogen-bond donors (Lipinski definition) is 2. The zero-order chi connectivity index (χ0) is 15.4. The first-order valence-electron chi connectivity index (χ1n) is 6.99. The molecule has 1 fully saturated rings. The minimum atomic E-state index is -0.342. The summed E-state index contributed by atoms with van der Waals surface area (Å²) in [7, 11) is 0. The maximum Gasteiger partial charge on any atom is 0.255 e. The van der Waals surface area contributed by atoms with Crippen molar-refractivity contribution in [2.75, 3.05) is 38.5 Å². The largest absolute Gasteiger partial charge is 0.397 e. The molecule has 7 nitrogen and oxygen atoms in total. The maximum absolute atomic E-state index is 12.6. The third-order valence-corrected chi connectivity index (χ3v) is 3.59. The average Bonchev–Trinajstić information content (AvgIpc) is 2.66. The van der Waals surface area contributed by atoms with Crippen molar-refractivity contribution in [2.45, 2.75) is 13.3 Å². The van der Waals surface area contributed by atoms with Gasteiger partial charge in [-0.2, -0.15) is 0 Å². The number of hydrogen-bond acceptors (Lipinski definition) is 5. The molecule has 0 radical (unpaired) electrons. The molecule has 1 aromatic heterocycles. The molecule has 1 aliphatic rings. The molecule has 2 amide bonds. The highest BCUT2D eigenvalue weighted by atomic mass is 16.2. The van der Waals surface area contributed by atoms with E-state index < -0.39 is 0 Å².